The minimum absolute atomic E-state index is 0.342. The van der Waals surface area contributed by atoms with Crippen LogP contribution in [0.3, 0.4) is 0 Å². The number of nitrogens with zero attached hydrogens (tertiary/aromatic N) is 1. The van der Waals surface area contributed by atoms with Gasteiger partial charge in [0.15, 0.2) is 6.67 Å². The monoisotopic (exact) mass is 397 g/mol. The predicted octanol–water partition coefficient (Wildman–Crippen LogP) is 1.76. The van der Waals surface area contributed by atoms with Crippen molar-refractivity contribution >= 4 is 17.4 Å². The zero-order valence-corrected chi connectivity index (χ0v) is 16.6. The third kappa shape index (κ3) is 3.25. The number of nitrogens with one attached hydrogen (secondary N) is 3. The first-order valence-corrected chi connectivity index (χ1v) is 9.59. The fourth-order valence-electron chi connectivity index (χ4n) is 3.69. The SMILES string of the molecule is Cc1cccc(-n2c3c(c(=O)[nH]c2=O)C[NH+](Cc2ccccc2Cl)CN3)c1C. The van der Waals surface area contributed by atoms with E-state index >= 15 is 0 Å². The van der Waals surface area contributed by atoms with Crippen LogP contribution in [0, 0.1) is 13.8 Å². The van der Waals surface area contributed by atoms with Gasteiger partial charge in [-0.1, -0.05) is 41.9 Å². The first kappa shape index (κ1) is 18.5. The summed E-state index contributed by atoms with van der Waals surface area (Å²) in [5.41, 5.74) is 3.71. The molecular weight excluding hydrogens is 376 g/mol. The number of anilines is 1. The van der Waals surface area contributed by atoms with Crippen LogP contribution in [0.15, 0.2) is 52.1 Å². The molecular formula is C21H22ClN4O2+. The van der Waals surface area contributed by atoms with Crippen LogP contribution in [-0.4, -0.2) is 16.2 Å². The fourth-order valence-corrected chi connectivity index (χ4v) is 3.89. The molecule has 0 saturated heterocycles. The second kappa shape index (κ2) is 7.30. The van der Waals surface area contributed by atoms with Crippen molar-refractivity contribution < 1.29 is 4.90 Å². The van der Waals surface area contributed by atoms with Gasteiger partial charge in [0.1, 0.15) is 24.5 Å². The maximum atomic E-state index is 12.6. The number of halogens is 1. The van der Waals surface area contributed by atoms with Crippen molar-refractivity contribution in [3.8, 4) is 5.69 Å². The van der Waals surface area contributed by atoms with E-state index in [-0.39, 0.29) is 5.56 Å². The Kier molecular flexibility index (Phi) is 4.83. The van der Waals surface area contributed by atoms with Crippen LogP contribution < -0.4 is 21.5 Å². The number of aromatic nitrogens is 2. The van der Waals surface area contributed by atoms with Crippen molar-refractivity contribution in [1.82, 2.24) is 9.55 Å². The van der Waals surface area contributed by atoms with E-state index in [9.17, 15) is 9.59 Å². The zero-order valence-electron chi connectivity index (χ0n) is 15.8. The molecule has 3 N–H and O–H groups in total. The Hall–Kier alpha value is -2.83. The van der Waals surface area contributed by atoms with E-state index in [1.165, 1.54) is 0 Å². The summed E-state index contributed by atoms with van der Waals surface area (Å²) >= 11 is 6.29. The number of hydrogen-bond donors (Lipinski definition) is 3. The Bertz CT molecular complexity index is 1170. The summed E-state index contributed by atoms with van der Waals surface area (Å²) in [4.78, 5) is 28.8. The molecule has 1 atom stereocenters. The number of benzene rings is 2. The van der Waals surface area contributed by atoms with Gasteiger partial charge >= 0.3 is 5.69 Å². The summed E-state index contributed by atoms with van der Waals surface area (Å²) in [6.45, 7) is 5.77. The molecule has 2 heterocycles. The lowest BCUT2D eigenvalue weighted by atomic mass is 10.1. The number of fused-ring (bicyclic) bond motifs is 1. The van der Waals surface area contributed by atoms with Crippen LogP contribution in [0.4, 0.5) is 5.82 Å². The van der Waals surface area contributed by atoms with Gasteiger partial charge in [0.05, 0.1) is 5.69 Å². The van der Waals surface area contributed by atoms with Crippen LogP contribution in [0.5, 0.6) is 0 Å². The van der Waals surface area contributed by atoms with Crippen molar-refractivity contribution in [3.63, 3.8) is 0 Å². The van der Waals surface area contributed by atoms with Crippen molar-refractivity contribution in [3.05, 3.63) is 90.6 Å². The van der Waals surface area contributed by atoms with Gasteiger partial charge in [-0.3, -0.25) is 9.78 Å². The molecule has 1 unspecified atom stereocenters. The zero-order chi connectivity index (χ0) is 19.8. The van der Waals surface area contributed by atoms with Crippen LogP contribution in [0.1, 0.15) is 22.3 Å². The van der Waals surface area contributed by atoms with Gasteiger partial charge < -0.3 is 10.2 Å². The van der Waals surface area contributed by atoms with E-state index in [0.717, 1.165) is 32.3 Å². The van der Waals surface area contributed by atoms with Gasteiger partial charge in [0.2, 0.25) is 0 Å². The molecule has 1 aliphatic heterocycles. The molecule has 0 fully saturated rings. The fraction of sp³-hybridized carbons (Fsp3) is 0.238. The van der Waals surface area contributed by atoms with E-state index in [2.05, 4.69) is 10.3 Å². The Labute approximate surface area is 167 Å². The van der Waals surface area contributed by atoms with Gasteiger partial charge in [-0.25, -0.2) is 9.36 Å². The maximum absolute atomic E-state index is 12.6. The second-order valence-corrected chi connectivity index (χ2v) is 7.60. The Balaban J connectivity index is 1.75. The molecule has 1 aliphatic rings. The number of quaternary nitrogens is 1. The quantitative estimate of drug-likeness (QED) is 0.630. The molecule has 0 aliphatic carbocycles. The summed E-state index contributed by atoms with van der Waals surface area (Å²) in [6.07, 6.45) is 0. The Morgan fingerprint density at radius 1 is 1.11 bits per heavy atom. The summed E-state index contributed by atoms with van der Waals surface area (Å²) in [5.74, 6) is 0.574. The van der Waals surface area contributed by atoms with E-state index < -0.39 is 5.69 Å². The normalized spacial score (nSPS) is 15.8. The van der Waals surface area contributed by atoms with Crippen LogP contribution >= 0.6 is 11.6 Å². The molecule has 0 saturated carbocycles. The predicted molar refractivity (Wildman–Crippen MR) is 110 cm³/mol. The second-order valence-electron chi connectivity index (χ2n) is 7.19. The lowest BCUT2D eigenvalue weighted by Crippen LogP contribution is -3.11. The highest BCUT2D eigenvalue weighted by Gasteiger charge is 2.27. The number of H-pyrrole nitrogens is 1. The average molecular weight is 398 g/mol. The van der Waals surface area contributed by atoms with Gasteiger partial charge in [0.25, 0.3) is 5.56 Å². The largest absolute Gasteiger partial charge is 0.334 e. The molecule has 2 aromatic carbocycles. The van der Waals surface area contributed by atoms with Gasteiger partial charge in [-0.2, -0.15) is 0 Å². The lowest BCUT2D eigenvalue weighted by Gasteiger charge is -2.28. The van der Waals surface area contributed by atoms with Crippen molar-refractivity contribution in [2.75, 3.05) is 12.0 Å². The standard InChI is InChI=1S/C21H21ClN4O2/c1-13-6-5-9-18(14(13)2)26-19-16(20(27)24-21(26)28)11-25(12-23-19)10-15-7-3-4-8-17(15)22/h3-9,23H,10-12H2,1-2H3,(H,24,27,28)/p+1. The van der Waals surface area contributed by atoms with E-state index in [0.29, 0.717) is 31.1 Å². The van der Waals surface area contributed by atoms with E-state index in [1.54, 1.807) is 4.57 Å². The average Bonchev–Trinajstić information content (AvgIpc) is 2.67. The van der Waals surface area contributed by atoms with E-state index in [1.807, 2.05) is 56.3 Å². The molecule has 0 amide bonds. The molecule has 28 heavy (non-hydrogen) atoms. The highest BCUT2D eigenvalue weighted by molar-refractivity contribution is 6.31. The van der Waals surface area contributed by atoms with Crippen LogP contribution in [0.25, 0.3) is 5.69 Å². The highest BCUT2D eigenvalue weighted by atomic mass is 35.5. The third-order valence-electron chi connectivity index (χ3n) is 5.35. The number of aryl methyl sites for hydroxylation is 1. The van der Waals surface area contributed by atoms with Crippen molar-refractivity contribution in [2.24, 2.45) is 0 Å². The first-order valence-electron chi connectivity index (χ1n) is 9.21. The lowest BCUT2D eigenvalue weighted by molar-refractivity contribution is -0.926. The highest BCUT2D eigenvalue weighted by Crippen LogP contribution is 2.22. The summed E-state index contributed by atoms with van der Waals surface area (Å²) in [5, 5.41) is 4.03. The van der Waals surface area contributed by atoms with Crippen molar-refractivity contribution in [1.29, 1.82) is 0 Å². The molecule has 144 valence electrons. The number of hydrogen-bond acceptors (Lipinski definition) is 3. The minimum Gasteiger partial charge on any atom is -0.324 e. The summed E-state index contributed by atoms with van der Waals surface area (Å²) < 4.78 is 1.57. The van der Waals surface area contributed by atoms with Gasteiger partial charge in [0, 0.05) is 10.6 Å². The molecule has 1 aromatic heterocycles. The smallest absolute Gasteiger partial charge is 0.324 e. The summed E-state index contributed by atoms with van der Waals surface area (Å²) in [7, 11) is 0. The molecule has 0 bridgehead atoms. The Morgan fingerprint density at radius 3 is 2.68 bits per heavy atom. The molecule has 4 rings (SSSR count). The molecule has 6 nitrogen and oxygen atoms in total. The molecule has 3 aromatic rings. The topological polar surface area (TPSA) is 71.3 Å². The number of rotatable bonds is 3. The van der Waals surface area contributed by atoms with E-state index in [4.69, 9.17) is 11.6 Å². The molecule has 0 radical (unpaired) electrons. The number of aromatic amines is 1. The van der Waals surface area contributed by atoms with Crippen LogP contribution in [-0.2, 0) is 13.1 Å². The van der Waals surface area contributed by atoms with Crippen molar-refractivity contribution in [2.45, 2.75) is 26.9 Å². The summed E-state index contributed by atoms with van der Waals surface area (Å²) in [6, 6.07) is 13.5. The van der Waals surface area contributed by atoms with Gasteiger partial charge in [-0.15, -0.1) is 0 Å². The third-order valence-corrected chi connectivity index (χ3v) is 5.72. The maximum Gasteiger partial charge on any atom is 0.334 e. The molecule has 7 heteroatoms. The van der Waals surface area contributed by atoms with Gasteiger partial charge in [-0.05, 0) is 37.1 Å². The molecule has 0 spiro atoms. The Morgan fingerprint density at radius 2 is 1.89 bits per heavy atom. The first-order chi connectivity index (χ1) is 13.5. The van der Waals surface area contributed by atoms with Crippen LogP contribution in [0.2, 0.25) is 5.02 Å². The minimum atomic E-state index is -0.431.